The van der Waals surface area contributed by atoms with Crippen LogP contribution in [0.3, 0.4) is 0 Å². The number of nitrogen functional groups attached to an aromatic ring is 1. The summed E-state index contributed by atoms with van der Waals surface area (Å²) in [4.78, 5) is 17.1. The third-order valence-electron chi connectivity index (χ3n) is 3.71. The van der Waals surface area contributed by atoms with E-state index in [1.165, 1.54) is 37.0 Å². The largest absolute Gasteiger partial charge is 0.382 e. The van der Waals surface area contributed by atoms with Crippen LogP contribution in [0.5, 0.6) is 0 Å². The molecule has 0 aliphatic heterocycles. The van der Waals surface area contributed by atoms with E-state index in [0.29, 0.717) is 16.6 Å². The molecule has 118 valence electrons. The van der Waals surface area contributed by atoms with Crippen LogP contribution in [-0.2, 0) is 0 Å². The van der Waals surface area contributed by atoms with Crippen molar-refractivity contribution in [1.82, 2.24) is 10.3 Å². The smallest absolute Gasteiger partial charge is 0.265 e. The molecule has 0 bridgehead atoms. The molecule has 0 atom stereocenters. The summed E-state index contributed by atoms with van der Waals surface area (Å²) in [5.74, 6) is 0.783. The number of amides is 1. The van der Waals surface area contributed by atoms with Crippen molar-refractivity contribution < 1.29 is 4.79 Å². The van der Waals surface area contributed by atoms with E-state index < -0.39 is 0 Å². The van der Waals surface area contributed by atoms with E-state index in [2.05, 4.69) is 29.5 Å². The quantitative estimate of drug-likeness (QED) is 0.729. The van der Waals surface area contributed by atoms with Crippen LogP contribution in [0.4, 0.5) is 10.9 Å². The number of hydrogen-bond acceptors (Lipinski definition) is 5. The summed E-state index contributed by atoms with van der Waals surface area (Å²) >= 11 is 1.34. The molecular weight excluding hydrogens is 284 g/mol. The van der Waals surface area contributed by atoms with Gasteiger partial charge in [-0.3, -0.25) is 4.79 Å². The Morgan fingerprint density at radius 1 is 1.33 bits per heavy atom. The standard InChI is InChI=1S/C15H26N4OS/c1-10(2)9-17-15-19-13(16)12(21-15)14(20)18-11-7-5-3-4-6-8-11/h10-11H,3-9,16H2,1-2H3,(H,17,19)(H,18,20). The van der Waals surface area contributed by atoms with Crippen LogP contribution < -0.4 is 16.4 Å². The molecule has 0 spiro atoms. The summed E-state index contributed by atoms with van der Waals surface area (Å²) in [6.45, 7) is 5.09. The number of carbonyl (C=O) groups is 1. The van der Waals surface area contributed by atoms with Gasteiger partial charge in [-0.1, -0.05) is 50.9 Å². The highest BCUT2D eigenvalue weighted by molar-refractivity contribution is 7.18. The Kier molecular flexibility index (Phi) is 5.85. The van der Waals surface area contributed by atoms with Gasteiger partial charge in [-0.2, -0.15) is 0 Å². The van der Waals surface area contributed by atoms with Gasteiger partial charge in [0.2, 0.25) is 0 Å². The molecular formula is C15H26N4OS. The number of carbonyl (C=O) groups excluding carboxylic acids is 1. The molecule has 1 amide bonds. The molecule has 4 N–H and O–H groups in total. The first kappa shape index (κ1) is 16.1. The van der Waals surface area contributed by atoms with Gasteiger partial charge in [0.1, 0.15) is 10.7 Å². The number of anilines is 2. The number of nitrogens with one attached hydrogen (secondary N) is 2. The molecule has 21 heavy (non-hydrogen) atoms. The van der Waals surface area contributed by atoms with Crippen LogP contribution in [0.25, 0.3) is 0 Å². The number of hydrogen-bond donors (Lipinski definition) is 3. The SMILES string of the molecule is CC(C)CNc1nc(N)c(C(=O)NC2CCCCCC2)s1. The predicted octanol–water partition coefficient (Wildman–Crippen LogP) is 3.25. The van der Waals surface area contributed by atoms with Crippen LogP contribution in [0.1, 0.15) is 62.0 Å². The molecule has 0 saturated heterocycles. The lowest BCUT2D eigenvalue weighted by Gasteiger charge is -2.15. The van der Waals surface area contributed by atoms with Crippen LogP contribution in [0.15, 0.2) is 0 Å². The lowest BCUT2D eigenvalue weighted by molar-refractivity contribution is 0.0938. The average molecular weight is 310 g/mol. The van der Waals surface area contributed by atoms with Crippen molar-refractivity contribution >= 4 is 28.2 Å². The van der Waals surface area contributed by atoms with Crippen molar-refractivity contribution in [2.75, 3.05) is 17.6 Å². The summed E-state index contributed by atoms with van der Waals surface area (Å²) < 4.78 is 0. The maximum Gasteiger partial charge on any atom is 0.265 e. The van der Waals surface area contributed by atoms with Gasteiger partial charge in [-0.25, -0.2) is 4.98 Å². The number of rotatable bonds is 5. The van der Waals surface area contributed by atoms with Gasteiger partial charge >= 0.3 is 0 Å². The molecule has 5 nitrogen and oxygen atoms in total. The van der Waals surface area contributed by atoms with Crippen molar-refractivity contribution in [3.05, 3.63) is 4.88 Å². The van der Waals surface area contributed by atoms with Crippen LogP contribution in [0.2, 0.25) is 0 Å². The van der Waals surface area contributed by atoms with Crippen molar-refractivity contribution in [2.24, 2.45) is 5.92 Å². The molecule has 1 aliphatic rings. The summed E-state index contributed by atoms with van der Waals surface area (Å²) in [6, 6.07) is 0.286. The van der Waals surface area contributed by atoms with E-state index in [9.17, 15) is 4.79 Å². The highest BCUT2D eigenvalue weighted by Gasteiger charge is 2.20. The van der Waals surface area contributed by atoms with Crippen molar-refractivity contribution in [2.45, 2.75) is 58.4 Å². The Morgan fingerprint density at radius 3 is 2.62 bits per heavy atom. The molecule has 1 aromatic rings. The molecule has 0 unspecified atom stereocenters. The molecule has 1 saturated carbocycles. The average Bonchev–Trinajstić information content (AvgIpc) is 2.63. The van der Waals surface area contributed by atoms with E-state index in [1.54, 1.807) is 0 Å². The topological polar surface area (TPSA) is 80.0 Å². The monoisotopic (exact) mass is 310 g/mol. The molecule has 1 fully saturated rings. The Labute approximate surface area is 130 Å². The summed E-state index contributed by atoms with van der Waals surface area (Å²) in [7, 11) is 0. The van der Waals surface area contributed by atoms with Crippen molar-refractivity contribution in [3.63, 3.8) is 0 Å². The van der Waals surface area contributed by atoms with Gasteiger partial charge in [-0.05, 0) is 18.8 Å². The van der Waals surface area contributed by atoms with Crippen LogP contribution in [0, 0.1) is 5.92 Å². The first-order valence-corrected chi connectivity index (χ1v) is 8.69. The molecule has 6 heteroatoms. The highest BCUT2D eigenvalue weighted by Crippen LogP contribution is 2.26. The minimum atomic E-state index is -0.0745. The van der Waals surface area contributed by atoms with E-state index in [0.717, 1.165) is 24.5 Å². The second-order valence-electron chi connectivity index (χ2n) is 6.17. The van der Waals surface area contributed by atoms with Gasteiger partial charge in [-0.15, -0.1) is 0 Å². The number of nitrogens with zero attached hydrogens (tertiary/aromatic N) is 1. The number of nitrogens with two attached hydrogens (primary N) is 1. The Morgan fingerprint density at radius 2 is 2.00 bits per heavy atom. The maximum atomic E-state index is 12.3. The highest BCUT2D eigenvalue weighted by atomic mass is 32.1. The fourth-order valence-corrected chi connectivity index (χ4v) is 3.33. The molecule has 1 heterocycles. The minimum absolute atomic E-state index is 0.0745. The summed E-state index contributed by atoms with van der Waals surface area (Å²) in [5.41, 5.74) is 5.88. The zero-order valence-electron chi connectivity index (χ0n) is 12.9. The first-order valence-electron chi connectivity index (χ1n) is 7.87. The van der Waals surface area contributed by atoms with Crippen molar-refractivity contribution in [3.8, 4) is 0 Å². The van der Waals surface area contributed by atoms with Gasteiger partial charge in [0.15, 0.2) is 5.13 Å². The number of aromatic nitrogens is 1. The molecule has 2 rings (SSSR count). The second kappa shape index (κ2) is 7.64. The van der Waals surface area contributed by atoms with Gasteiger partial charge in [0, 0.05) is 12.6 Å². The summed E-state index contributed by atoms with van der Waals surface area (Å²) in [5, 5.41) is 7.07. The van der Waals surface area contributed by atoms with Gasteiger partial charge < -0.3 is 16.4 Å². The lowest BCUT2D eigenvalue weighted by atomic mass is 10.1. The fourth-order valence-electron chi connectivity index (χ4n) is 2.54. The lowest BCUT2D eigenvalue weighted by Crippen LogP contribution is -2.34. The second-order valence-corrected chi connectivity index (χ2v) is 7.17. The molecule has 1 aromatic heterocycles. The normalized spacial score (nSPS) is 16.7. The zero-order valence-corrected chi connectivity index (χ0v) is 13.8. The third kappa shape index (κ3) is 4.88. The maximum absolute atomic E-state index is 12.3. The third-order valence-corrected chi connectivity index (χ3v) is 4.74. The molecule has 1 aliphatic carbocycles. The van der Waals surface area contributed by atoms with E-state index in [4.69, 9.17) is 5.73 Å². The van der Waals surface area contributed by atoms with E-state index in [-0.39, 0.29) is 11.9 Å². The predicted molar refractivity (Wildman–Crippen MR) is 88.8 cm³/mol. The number of thiazole rings is 1. The van der Waals surface area contributed by atoms with Gasteiger partial charge in [0.25, 0.3) is 5.91 Å². The fraction of sp³-hybridized carbons (Fsp3) is 0.733. The van der Waals surface area contributed by atoms with Crippen LogP contribution >= 0.6 is 11.3 Å². The Hall–Kier alpha value is -1.30. The van der Waals surface area contributed by atoms with Crippen LogP contribution in [-0.4, -0.2) is 23.5 Å². The Bertz CT molecular complexity index is 464. The Balaban J connectivity index is 1.94. The molecule has 0 radical (unpaired) electrons. The minimum Gasteiger partial charge on any atom is -0.382 e. The van der Waals surface area contributed by atoms with E-state index in [1.807, 2.05) is 0 Å². The van der Waals surface area contributed by atoms with Crippen molar-refractivity contribution in [1.29, 1.82) is 0 Å². The zero-order chi connectivity index (χ0) is 15.2. The van der Waals surface area contributed by atoms with E-state index >= 15 is 0 Å². The van der Waals surface area contributed by atoms with Gasteiger partial charge in [0.05, 0.1) is 0 Å². The summed E-state index contributed by atoms with van der Waals surface area (Å²) in [6.07, 6.45) is 7.09. The first-order chi connectivity index (χ1) is 10.1. The molecule has 0 aromatic carbocycles.